The Bertz CT molecular complexity index is 740. The first-order valence-electron chi connectivity index (χ1n) is 5.37. The Morgan fingerprint density at radius 3 is 3.00 bits per heavy atom. The molecule has 2 N–H and O–H groups in total. The van der Waals surface area contributed by atoms with Crippen LogP contribution in [0.25, 0.3) is 22.3 Å². The monoisotopic (exact) mass is 225 g/mol. The molecule has 0 saturated carbocycles. The fraction of sp³-hybridized carbons (Fsp3) is 0.0769. The van der Waals surface area contributed by atoms with Crippen LogP contribution in [0.2, 0.25) is 0 Å². The van der Waals surface area contributed by atoms with E-state index in [1.807, 2.05) is 19.1 Å². The minimum absolute atomic E-state index is 0.101. The van der Waals surface area contributed by atoms with Crippen molar-refractivity contribution in [2.45, 2.75) is 6.92 Å². The van der Waals surface area contributed by atoms with Crippen LogP contribution in [0.5, 0.6) is 0 Å². The highest BCUT2D eigenvalue weighted by atomic mass is 16.1. The average Bonchev–Trinajstić information content (AvgIpc) is 2.72. The summed E-state index contributed by atoms with van der Waals surface area (Å²) in [4.78, 5) is 21.8. The van der Waals surface area contributed by atoms with Crippen molar-refractivity contribution in [2.75, 3.05) is 0 Å². The van der Waals surface area contributed by atoms with Crippen molar-refractivity contribution >= 4 is 11.0 Å². The summed E-state index contributed by atoms with van der Waals surface area (Å²) in [5.74, 6) is 0. The molecule has 84 valence electrons. The Morgan fingerprint density at radius 1 is 1.29 bits per heavy atom. The van der Waals surface area contributed by atoms with Crippen molar-refractivity contribution in [1.82, 2.24) is 15.0 Å². The highest BCUT2D eigenvalue weighted by Crippen LogP contribution is 2.20. The van der Waals surface area contributed by atoms with Gasteiger partial charge in [-0.05, 0) is 36.8 Å². The third kappa shape index (κ3) is 1.63. The van der Waals surface area contributed by atoms with Crippen molar-refractivity contribution in [3.63, 3.8) is 0 Å². The second kappa shape index (κ2) is 3.59. The molecule has 0 unspecified atom stereocenters. The molecule has 3 aromatic heterocycles. The summed E-state index contributed by atoms with van der Waals surface area (Å²) in [6.07, 6.45) is 3.43. The molecule has 4 heteroatoms. The zero-order valence-corrected chi connectivity index (χ0v) is 9.32. The Morgan fingerprint density at radius 2 is 2.18 bits per heavy atom. The van der Waals surface area contributed by atoms with Gasteiger partial charge in [-0.15, -0.1) is 0 Å². The van der Waals surface area contributed by atoms with Crippen molar-refractivity contribution < 1.29 is 0 Å². The van der Waals surface area contributed by atoms with E-state index in [1.54, 1.807) is 24.5 Å². The van der Waals surface area contributed by atoms with Crippen LogP contribution in [-0.4, -0.2) is 15.0 Å². The predicted octanol–water partition coefficient (Wildman–Crippen LogP) is 2.23. The molecule has 0 saturated heterocycles. The number of nitrogens with zero attached hydrogens (tertiary/aromatic N) is 1. The van der Waals surface area contributed by atoms with Gasteiger partial charge in [0.1, 0.15) is 5.65 Å². The summed E-state index contributed by atoms with van der Waals surface area (Å²) in [5.41, 5.74) is 3.22. The number of aryl methyl sites for hydroxylation is 1. The van der Waals surface area contributed by atoms with E-state index in [4.69, 9.17) is 0 Å². The van der Waals surface area contributed by atoms with E-state index in [0.29, 0.717) is 5.56 Å². The van der Waals surface area contributed by atoms with Crippen LogP contribution in [0.1, 0.15) is 5.56 Å². The summed E-state index contributed by atoms with van der Waals surface area (Å²) in [7, 11) is 0. The lowest BCUT2D eigenvalue weighted by molar-refractivity contribution is 1.22. The molecule has 0 aliphatic rings. The van der Waals surface area contributed by atoms with Gasteiger partial charge in [-0.1, -0.05) is 0 Å². The van der Waals surface area contributed by atoms with Gasteiger partial charge in [0.15, 0.2) is 0 Å². The Balaban J connectivity index is 2.25. The van der Waals surface area contributed by atoms with Crippen molar-refractivity contribution in [1.29, 1.82) is 0 Å². The van der Waals surface area contributed by atoms with E-state index in [2.05, 4.69) is 15.0 Å². The molecule has 0 amide bonds. The number of hydrogen-bond acceptors (Lipinski definition) is 2. The Hall–Kier alpha value is -2.36. The summed E-state index contributed by atoms with van der Waals surface area (Å²) in [6, 6.07) is 7.58. The molecule has 17 heavy (non-hydrogen) atoms. The van der Waals surface area contributed by atoms with Crippen LogP contribution in [0.4, 0.5) is 0 Å². The zero-order valence-electron chi connectivity index (χ0n) is 9.32. The maximum atomic E-state index is 11.7. The number of pyridine rings is 2. The highest BCUT2D eigenvalue weighted by molar-refractivity contribution is 5.83. The average molecular weight is 225 g/mol. The second-order valence-electron chi connectivity index (χ2n) is 4.05. The molecular weight excluding hydrogens is 214 g/mol. The number of aromatic amines is 2. The van der Waals surface area contributed by atoms with Gasteiger partial charge in [0.25, 0.3) is 5.56 Å². The van der Waals surface area contributed by atoms with Gasteiger partial charge < -0.3 is 9.97 Å². The third-order valence-electron chi connectivity index (χ3n) is 2.72. The van der Waals surface area contributed by atoms with E-state index in [1.165, 1.54) is 0 Å². The predicted molar refractivity (Wildman–Crippen MR) is 66.9 cm³/mol. The fourth-order valence-electron chi connectivity index (χ4n) is 1.90. The minimum Gasteiger partial charge on any atom is -0.339 e. The summed E-state index contributed by atoms with van der Waals surface area (Å²) in [5, 5.41) is 1.02. The molecule has 0 atom stereocenters. The number of aromatic nitrogens is 3. The topological polar surface area (TPSA) is 61.5 Å². The molecule has 0 aromatic carbocycles. The number of H-pyrrole nitrogens is 2. The number of rotatable bonds is 1. The fourth-order valence-corrected chi connectivity index (χ4v) is 1.90. The second-order valence-corrected chi connectivity index (χ2v) is 4.05. The number of hydrogen-bond donors (Lipinski definition) is 2. The first kappa shape index (κ1) is 9.84. The summed E-state index contributed by atoms with van der Waals surface area (Å²) >= 11 is 0. The van der Waals surface area contributed by atoms with Crippen LogP contribution >= 0.6 is 0 Å². The van der Waals surface area contributed by atoms with Crippen molar-refractivity contribution in [2.24, 2.45) is 0 Å². The van der Waals surface area contributed by atoms with Crippen molar-refractivity contribution in [3.05, 3.63) is 52.6 Å². The molecule has 3 heterocycles. The number of fused-ring (bicyclic) bond motifs is 1. The number of nitrogens with one attached hydrogen (secondary N) is 2. The zero-order chi connectivity index (χ0) is 11.8. The third-order valence-corrected chi connectivity index (χ3v) is 2.72. The molecule has 3 aromatic rings. The van der Waals surface area contributed by atoms with Crippen LogP contribution in [-0.2, 0) is 0 Å². The lowest BCUT2D eigenvalue weighted by Crippen LogP contribution is -2.06. The lowest BCUT2D eigenvalue weighted by Gasteiger charge is -1.94. The molecule has 0 spiro atoms. The van der Waals surface area contributed by atoms with Crippen molar-refractivity contribution in [3.8, 4) is 11.3 Å². The van der Waals surface area contributed by atoms with Gasteiger partial charge in [-0.3, -0.25) is 4.79 Å². The molecule has 0 aliphatic carbocycles. The highest BCUT2D eigenvalue weighted by Gasteiger charge is 2.06. The Labute approximate surface area is 97.3 Å². The largest absolute Gasteiger partial charge is 0.339 e. The van der Waals surface area contributed by atoms with E-state index in [-0.39, 0.29) is 5.56 Å². The molecule has 0 fully saturated rings. The lowest BCUT2D eigenvalue weighted by atomic mass is 10.2. The SMILES string of the molecule is Cc1cnc2[nH]c(-c3ccc[nH]c3=O)cc2c1. The van der Waals surface area contributed by atoms with Gasteiger partial charge in [0, 0.05) is 17.8 Å². The summed E-state index contributed by atoms with van der Waals surface area (Å²) in [6.45, 7) is 1.99. The maximum Gasteiger partial charge on any atom is 0.257 e. The molecule has 0 aliphatic heterocycles. The first-order chi connectivity index (χ1) is 8.24. The van der Waals surface area contributed by atoms with E-state index in [0.717, 1.165) is 22.3 Å². The summed E-state index contributed by atoms with van der Waals surface area (Å²) < 4.78 is 0. The van der Waals surface area contributed by atoms with Crippen LogP contribution in [0, 0.1) is 6.92 Å². The molecular formula is C13H11N3O. The molecule has 0 bridgehead atoms. The maximum absolute atomic E-state index is 11.7. The standard InChI is InChI=1S/C13H11N3O/c1-8-5-9-6-11(16-12(9)15-7-8)10-3-2-4-14-13(10)17/h2-7H,1H3,(H,14,17)(H,15,16). The first-order valence-corrected chi connectivity index (χ1v) is 5.37. The van der Waals surface area contributed by atoms with E-state index in [9.17, 15) is 4.79 Å². The smallest absolute Gasteiger partial charge is 0.257 e. The van der Waals surface area contributed by atoms with Gasteiger partial charge in [0.05, 0.1) is 11.3 Å². The van der Waals surface area contributed by atoms with Gasteiger partial charge in [-0.2, -0.15) is 0 Å². The molecule has 3 rings (SSSR count). The quantitative estimate of drug-likeness (QED) is 0.667. The van der Waals surface area contributed by atoms with Crippen LogP contribution in [0.15, 0.2) is 41.5 Å². The van der Waals surface area contributed by atoms with E-state index >= 15 is 0 Å². The molecule has 4 nitrogen and oxygen atoms in total. The minimum atomic E-state index is -0.101. The van der Waals surface area contributed by atoms with E-state index < -0.39 is 0 Å². The van der Waals surface area contributed by atoms with Crippen LogP contribution < -0.4 is 5.56 Å². The van der Waals surface area contributed by atoms with Crippen LogP contribution in [0.3, 0.4) is 0 Å². The molecule has 0 radical (unpaired) electrons. The van der Waals surface area contributed by atoms with Gasteiger partial charge >= 0.3 is 0 Å². The Kier molecular flexibility index (Phi) is 2.08. The van der Waals surface area contributed by atoms with Gasteiger partial charge in [-0.25, -0.2) is 4.98 Å². The van der Waals surface area contributed by atoms with Gasteiger partial charge in [0.2, 0.25) is 0 Å². The normalized spacial score (nSPS) is 10.9.